The van der Waals surface area contributed by atoms with Crippen LogP contribution >= 0.6 is 12.6 Å². The molecule has 0 aliphatic carbocycles. The second-order valence-electron chi connectivity index (χ2n) is 3.92. The van der Waals surface area contributed by atoms with E-state index in [0.717, 1.165) is 0 Å². The highest BCUT2D eigenvalue weighted by atomic mass is 32.1. The summed E-state index contributed by atoms with van der Waals surface area (Å²) in [7, 11) is 0. The number of amides is 1. The van der Waals surface area contributed by atoms with Crippen LogP contribution < -0.4 is 4.74 Å². The van der Waals surface area contributed by atoms with Gasteiger partial charge in [-0.15, -0.1) is 0 Å². The van der Waals surface area contributed by atoms with E-state index in [2.05, 4.69) is 12.6 Å². The molecule has 1 rings (SSSR count). The van der Waals surface area contributed by atoms with Gasteiger partial charge < -0.3 is 9.64 Å². The van der Waals surface area contributed by atoms with E-state index in [1.807, 2.05) is 13.8 Å². The van der Waals surface area contributed by atoms with E-state index in [0.29, 0.717) is 30.2 Å². The van der Waals surface area contributed by atoms with Gasteiger partial charge in [0.1, 0.15) is 5.75 Å². The van der Waals surface area contributed by atoms with Crippen molar-refractivity contribution in [2.24, 2.45) is 0 Å². The molecule has 0 N–H and O–H groups in total. The van der Waals surface area contributed by atoms with Gasteiger partial charge in [-0.05, 0) is 26.0 Å². The molecule has 0 radical (unpaired) electrons. The molecule has 0 unspecified atom stereocenters. The number of esters is 1. The fourth-order valence-electron chi connectivity index (χ4n) is 1.68. The Morgan fingerprint density at radius 2 is 1.84 bits per heavy atom. The minimum absolute atomic E-state index is 0.126. The van der Waals surface area contributed by atoms with Crippen molar-refractivity contribution in [3.05, 3.63) is 29.8 Å². The van der Waals surface area contributed by atoms with E-state index in [1.54, 1.807) is 29.2 Å². The average molecular weight is 281 g/mol. The summed E-state index contributed by atoms with van der Waals surface area (Å²) in [6, 6.07) is 6.80. The van der Waals surface area contributed by atoms with E-state index in [4.69, 9.17) is 4.74 Å². The van der Waals surface area contributed by atoms with Gasteiger partial charge in [-0.2, -0.15) is 12.6 Å². The van der Waals surface area contributed by atoms with E-state index in [1.165, 1.54) is 0 Å². The van der Waals surface area contributed by atoms with Crippen molar-refractivity contribution in [1.29, 1.82) is 0 Å². The van der Waals surface area contributed by atoms with Crippen LogP contribution in [0.2, 0.25) is 0 Å². The minimum atomic E-state index is -0.380. The average Bonchev–Trinajstić information content (AvgIpc) is 2.40. The van der Waals surface area contributed by atoms with Crippen LogP contribution in [0.5, 0.6) is 5.75 Å². The number of carbonyl (C=O) groups is 2. The van der Waals surface area contributed by atoms with Crippen molar-refractivity contribution in [3.8, 4) is 5.75 Å². The summed E-state index contributed by atoms with van der Waals surface area (Å²) in [6.07, 6.45) is 0.219. The summed E-state index contributed by atoms with van der Waals surface area (Å²) in [5.74, 6) is 0.227. The number of nitrogens with zero attached hydrogens (tertiary/aromatic N) is 1. The number of rotatable bonds is 6. The zero-order valence-electron chi connectivity index (χ0n) is 11.3. The molecular weight excluding hydrogens is 262 g/mol. The Morgan fingerprint density at radius 1 is 1.21 bits per heavy atom. The maximum Gasteiger partial charge on any atom is 0.312 e. The molecule has 0 saturated heterocycles. The Labute approximate surface area is 119 Å². The third-order valence-electron chi connectivity index (χ3n) is 2.71. The number of benzene rings is 1. The Balaban J connectivity index is 2.95. The van der Waals surface area contributed by atoms with Gasteiger partial charge in [-0.25, -0.2) is 0 Å². The lowest BCUT2D eigenvalue weighted by Gasteiger charge is -2.20. The third-order valence-corrected chi connectivity index (χ3v) is 2.93. The first-order chi connectivity index (χ1) is 9.13. The van der Waals surface area contributed by atoms with Crippen LogP contribution in [-0.2, 0) is 4.79 Å². The van der Waals surface area contributed by atoms with Crippen LogP contribution in [0.15, 0.2) is 24.3 Å². The number of carbonyl (C=O) groups excluding carboxylic acids is 2. The summed E-state index contributed by atoms with van der Waals surface area (Å²) in [5, 5.41) is 0. The SMILES string of the molecule is CCN(CC)C(=O)c1ccccc1OC(=O)CCS. The zero-order valence-corrected chi connectivity index (χ0v) is 12.2. The highest BCUT2D eigenvalue weighted by Gasteiger charge is 2.18. The van der Waals surface area contributed by atoms with Crippen LogP contribution in [0.3, 0.4) is 0 Å². The molecule has 0 aliphatic heterocycles. The maximum absolute atomic E-state index is 12.3. The fourth-order valence-corrected chi connectivity index (χ4v) is 1.86. The number of hydrogen-bond donors (Lipinski definition) is 1. The monoisotopic (exact) mass is 281 g/mol. The summed E-state index contributed by atoms with van der Waals surface area (Å²) >= 11 is 3.98. The Bertz CT molecular complexity index is 444. The van der Waals surface area contributed by atoms with E-state index in [9.17, 15) is 9.59 Å². The van der Waals surface area contributed by atoms with E-state index in [-0.39, 0.29) is 18.3 Å². The quantitative estimate of drug-likeness (QED) is 0.495. The summed E-state index contributed by atoms with van der Waals surface area (Å²) < 4.78 is 5.21. The lowest BCUT2D eigenvalue weighted by atomic mass is 10.1. The fraction of sp³-hybridized carbons (Fsp3) is 0.429. The molecule has 0 bridgehead atoms. The van der Waals surface area contributed by atoms with Crippen molar-refractivity contribution in [1.82, 2.24) is 4.90 Å². The van der Waals surface area contributed by atoms with Crippen molar-refractivity contribution in [2.45, 2.75) is 20.3 Å². The first-order valence-corrected chi connectivity index (χ1v) is 6.97. The van der Waals surface area contributed by atoms with Crippen molar-refractivity contribution in [3.63, 3.8) is 0 Å². The zero-order chi connectivity index (χ0) is 14.3. The predicted octanol–water partition coefficient (Wildman–Crippen LogP) is 2.39. The lowest BCUT2D eigenvalue weighted by Crippen LogP contribution is -2.31. The second kappa shape index (κ2) is 7.84. The standard InChI is InChI=1S/C14H19NO3S/c1-3-15(4-2)14(17)11-7-5-6-8-12(11)18-13(16)9-10-19/h5-8,19H,3-4,9-10H2,1-2H3. The van der Waals surface area contributed by atoms with E-state index < -0.39 is 0 Å². The number of ether oxygens (including phenoxy) is 1. The van der Waals surface area contributed by atoms with Gasteiger partial charge in [0, 0.05) is 18.8 Å². The van der Waals surface area contributed by atoms with Gasteiger partial charge in [0.25, 0.3) is 5.91 Å². The number of thiol groups is 1. The molecule has 5 heteroatoms. The minimum Gasteiger partial charge on any atom is -0.426 e. The van der Waals surface area contributed by atoms with E-state index >= 15 is 0 Å². The normalized spacial score (nSPS) is 10.1. The van der Waals surface area contributed by atoms with Crippen molar-refractivity contribution in [2.75, 3.05) is 18.8 Å². The first kappa shape index (κ1) is 15.6. The molecule has 0 aromatic heterocycles. The Hall–Kier alpha value is -1.49. The molecule has 0 atom stereocenters. The van der Waals surface area contributed by atoms with Crippen molar-refractivity contribution < 1.29 is 14.3 Å². The maximum atomic E-state index is 12.3. The molecule has 0 spiro atoms. The molecule has 104 valence electrons. The molecular formula is C14H19NO3S. The third kappa shape index (κ3) is 4.28. The highest BCUT2D eigenvalue weighted by Crippen LogP contribution is 2.20. The van der Waals surface area contributed by atoms with Crippen LogP contribution in [0, 0.1) is 0 Å². The molecule has 0 aliphatic rings. The lowest BCUT2D eigenvalue weighted by molar-refractivity contribution is -0.133. The molecule has 1 aromatic carbocycles. The van der Waals surface area contributed by atoms with Gasteiger partial charge >= 0.3 is 5.97 Å². The molecule has 4 nitrogen and oxygen atoms in total. The van der Waals surface area contributed by atoms with Gasteiger partial charge in [0.05, 0.1) is 12.0 Å². The smallest absolute Gasteiger partial charge is 0.312 e. The predicted molar refractivity (Wildman–Crippen MR) is 77.8 cm³/mol. The van der Waals surface area contributed by atoms with Crippen LogP contribution in [0.1, 0.15) is 30.6 Å². The van der Waals surface area contributed by atoms with Crippen molar-refractivity contribution >= 4 is 24.5 Å². The Morgan fingerprint density at radius 3 is 2.42 bits per heavy atom. The van der Waals surface area contributed by atoms with Crippen LogP contribution in [-0.4, -0.2) is 35.6 Å². The van der Waals surface area contributed by atoms with Gasteiger partial charge in [0.2, 0.25) is 0 Å². The number of hydrogen-bond acceptors (Lipinski definition) is 4. The first-order valence-electron chi connectivity index (χ1n) is 6.33. The molecule has 0 fully saturated rings. The summed E-state index contributed by atoms with van der Waals surface area (Å²) in [5.41, 5.74) is 0.415. The van der Waals surface area contributed by atoms with Gasteiger partial charge in [-0.1, -0.05) is 12.1 Å². The molecule has 1 amide bonds. The van der Waals surface area contributed by atoms with Crippen LogP contribution in [0.4, 0.5) is 0 Å². The summed E-state index contributed by atoms with van der Waals surface area (Å²) in [4.78, 5) is 25.5. The number of para-hydroxylation sites is 1. The Kier molecular flexibility index (Phi) is 6.42. The topological polar surface area (TPSA) is 46.6 Å². The van der Waals surface area contributed by atoms with Gasteiger partial charge in [-0.3, -0.25) is 9.59 Å². The molecule has 0 saturated carbocycles. The molecule has 0 heterocycles. The second-order valence-corrected chi connectivity index (χ2v) is 4.37. The summed E-state index contributed by atoms with van der Waals surface area (Å²) in [6.45, 7) is 5.07. The largest absolute Gasteiger partial charge is 0.426 e. The van der Waals surface area contributed by atoms with Crippen LogP contribution in [0.25, 0.3) is 0 Å². The molecule has 1 aromatic rings. The van der Waals surface area contributed by atoms with Gasteiger partial charge in [0.15, 0.2) is 0 Å². The molecule has 19 heavy (non-hydrogen) atoms. The highest BCUT2D eigenvalue weighted by molar-refractivity contribution is 7.80.